The summed E-state index contributed by atoms with van der Waals surface area (Å²) in [5.74, 6) is -0.822. The second-order valence-corrected chi connectivity index (χ2v) is 10.6. The van der Waals surface area contributed by atoms with Gasteiger partial charge in [-0.15, -0.1) is 0 Å². The highest BCUT2D eigenvalue weighted by molar-refractivity contribution is 7.89. The lowest BCUT2D eigenvalue weighted by Crippen LogP contribution is -2.40. The minimum absolute atomic E-state index is 0.0592. The monoisotopic (exact) mass is 471 g/mol. The number of hydrogen-bond donors (Lipinski definition) is 1. The molecular weight excluding hydrogens is 442 g/mol. The van der Waals surface area contributed by atoms with E-state index in [4.69, 9.17) is 4.74 Å². The summed E-state index contributed by atoms with van der Waals surface area (Å²) in [4.78, 5) is 27.3. The van der Waals surface area contributed by atoms with E-state index in [0.29, 0.717) is 45.1 Å². The number of carbonyl (C=O) groups excluding carboxylic acids is 2. The van der Waals surface area contributed by atoms with Gasteiger partial charge in [-0.1, -0.05) is 35.9 Å². The van der Waals surface area contributed by atoms with Crippen molar-refractivity contribution >= 4 is 27.5 Å². The number of hydrogen-bond acceptors (Lipinski definition) is 5. The van der Waals surface area contributed by atoms with E-state index >= 15 is 0 Å². The van der Waals surface area contributed by atoms with Crippen LogP contribution < -0.4 is 5.32 Å². The van der Waals surface area contributed by atoms with Gasteiger partial charge in [0.2, 0.25) is 21.8 Å². The second kappa shape index (κ2) is 9.62. The first-order valence-corrected chi connectivity index (χ1v) is 12.5. The summed E-state index contributed by atoms with van der Waals surface area (Å²) in [5, 5.41) is 2.85. The van der Waals surface area contributed by atoms with Crippen molar-refractivity contribution in [2.45, 2.75) is 31.7 Å². The fourth-order valence-corrected chi connectivity index (χ4v) is 5.52. The summed E-state index contributed by atoms with van der Waals surface area (Å²) in [6.07, 6.45) is 0.141. The molecule has 0 saturated carbocycles. The number of carbonyl (C=O) groups is 2. The molecule has 0 radical (unpaired) electrons. The number of sulfonamides is 1. The van der Waals surface area contributed by atoms with E-state index in [2.05, 4.69) is 5.32 Å². The first-order chi connectivity index (χ1) is 15.7. The molecule has 2 aliphatic heterocycles. The maximum Gasteiger partial charge on any atom is 0.243 e. The van der Waals surface area contributed by atoms with Crippen molar-refractivity contribution in [1.29, 1.82) is 0 Å². The lowest BCUT2D eigenvalue weighted by atomic mass is 10.1. The van der Waals surface area contributed by atoms with Gasteiger partial charge in [-0.25, -0.2) is 8.42 Å². The number of nitrogens with one attached hydrogen (secondary N) is 1. The first-order valence-electron chi connectivity index (χ1n) is 11.1. The smallest absolute Gasteiger partial charge is 0.243 e. The van der Waals surface area contributed by atoms with Crippen LogP contribution in [0.5, 0.6) is 0 Å². The quantitative estimate of drug-likeness (QED) is 0.698. The number of nitrogens with zero attached hydrogens (tertiary/aromatic N) is 2. The van der Waals surface area contributed by atoms with Gasteiger partial charge in [-0.2, -0.15) is 4.31 Å². The predicted octanol–water partition coefficient (Wildman–Crippen LogP) is 2.31. The van der Waals surface area contributed by atoms with E-state index in [1.165, 1.54) is 10.4 Å². The van der Waals surface area contributed by atoms with E-state index < -0.39 is 15.9 Å². The number of benzene rings is 2. The standard InChI is InChI=1S/C24H29N3O5S/c1-17-3-6-19(7-4-17)15-26-16-20(13-23(26)28)24(29)25-22-14-21(8-5-18(22)2)33(30,31)27-9-11-32-12-10-27/h3-8,14,20H,9-13,15-16H2,1-2H3,(H,25,29)/t20-/m1/s1. The summed E-state index contributed by atoms with van der Waals surface area (Å²) in [6, 6.07) is 12.7. The van der Waals surface area contributed by atoms with E-state index in [9.17, 15) is 18.0 Å². The molecule has 0 bridgehead atoms. The van der Waals surface area contributed by atoms with E-state index in [0.717, 1.165) is 16.7 Å². The average Bonchev–Trinajstić information content (AvgIpc) is 3.17. The van der Waals surface area contributed by atoms with Crippen molar-refractivity contribution in [3.8, 4) is 0 Å². The third-order valence-corrected chi connectivity index (χ3v) is 8.05. The van der Waals surface area contributed by atoms with Gasteiger partial charge in [0.15, 0.2) is 0 Å². The number of anilines is 1. The Hall–Kier alpha value is -2.75. The van der Waals surface area contributed by atoms with E-state index in [1.807, 2.05) is 38.1 Å². The van der Waals surface area contributed by atoms with Gasteiger partial charge in [-0.3, -0.25) is 9.59 Å². The van der Waals surface area contributed by atoms with Crippen molar-refractivity contribution < 1.29 is 22.7 Å². The molecule has 9 heteroatoms. The molecule has 2 fully saturated rings. The number of likely N-dealkylation sites (tertiary alicyclic amines) is 1. The average molecular weight is 472 g/mol. The Morgan fingerprint density at radius 2 is 1.79 bits per heavy atom. The highest BCUT2D eigenvalue weighted by Crippen LogP contribution is 2.26. The van der Waals surface area contributed by atoms with Gasteiger partial charge in [0, 0.05) is 38.3 Å². The Labute approximate surface area is 194 Å². The summed E-state index contributed by atoms with van der Waals surface area (Å²) in [7, 11) is -3.67. The normalized spacial score (nSPS) is 19.6. The molecule has 8 nitrogen and oxygen atoms in total. The molecule has 0 aliphatic carbocycles. The molecule has 0 spiro atoms. The lowest BCUT2D eigenvalue weighted by Gasteiger charge is -2.26. The van der Waals surface area contributed by atoms with Crippen LogP contribution in [-0.4, -0.2) is 62.3 Å². The van der Waals surface area contributed by atoms with Crippen LogP contribution in [0.15, 0.2) is 47.4 Å². The molecule has 33 heavy (non-hydrogen) atoms. The van der Waals surface area contributed by atoms with Gasteiger partial charge < -0.3 is 15.0 Å². The Morgan fingerprint density at radius 3 is 2.48 bits per heavy atom. The molecule has 0 aromatic heterocycles. The molecule has 2 amide bonds. The second-order valence-electron chi connectivity index (χ2n) is 8.64. The van der Waals surface area contributed by atoms with Crippen molar-refractivity contribution in [2.75, 3.05) is 38.2 Å². The number of ether oxygens (including phenoxy) is 1. The topological polar surface area (TPSA) is 96.0 Å². The Balaban J connectivity index is 1.44. The van der Waals surface area contributed by atoms with Crippen LogP contribution in [0.1, 0.15) is 23.1 Å². The fourth-order valence-electron chi connectivity index (χ4n) is 4.08. The SMILES string of the molecule is Cc1ccc(CN2C[C@H](C(=O)Nc3cc(S(=O)(=O)N4CCOCC4)ccc3C)CC2=O)cc1. The molecule has 2 aromatic rings. The van der Waals surface area contributed by atoms with Crippen molar-refractivity contribution in [3.05, 3.63) is 59.2 Å². The minimum Gasteiger partial charge on any atom is -0.379 e. The summed E-state index contributed by atoms with van der Waals surface area (Å²) < 4.78 is 32.6. The number of amides is 2. The molecule has 4 rings (SSSR count). The van der Waals surface area contributed by atoms with Crippen LogP contribution >= 0.6 is 0 Å². The molecule has 1 atom stereocenters. The Morgan fingerprint density at radius 1 is 1.09 bits per heavy atom. The maximum absolute atomic E-state index is 13.0. The third-order valence-electron chi connectivity index (χ3n) is 6.15. The molecule has 0 unspecified atom stereocenters. The lowest BCUT2D eigenvalue weighted by molar-refractivity contribution is -0.128. The Kier molecular flexibility index (Phi) is 6.83. The van der Waals surface area contributed by atoms with Gasteiger partial charge in [0.1, 0.15) is 0 Å². The largest absolute Gasteiger partial charge is 0.379 e. The number of morpholine rings is 1. The molecule has 2 aliphatic rings. The molecule has 2 heterocycles. The fraction of sp³-hybridized carbons (Fsp3) is 0.417. The minimum atomic E-state index is -3.67. The highest BCUT2D eigenvalue weighted by atomic mass is 32.2. The number of rotatable bonds is 6. The number of aryl methyl sites for hydroxylation is 2. The van der Waals surface area contributed by atoms with Crippen LogP contribution in [0.3, 0.4) is 0 Å². The van der Waals surface area contributed by atoms with Crippen LogP contribution in [0.2, 0.25) is 0 Å². The first kappa shape index (κ1) is 23.4. The summed E-state index contributed by atoms with van der Waals surface area (Å²) >= 11 is 0. The molecule has 176 valence electrons. The molecule has 1 N–H and O–H groups in total. The van der Waals surface area contributed by atoms with Crippen LogP contribution in [-0.2, 0) is 30.9 Å². The Bertz CT molecular complexity index is 1140. The van der Waals surface area contributed by atoms with E-state index in [1.54, 1.807) is 17.0 Å². The summed E-state index contributed by atoms with van der Waals surface area (Å²) in [5.41, 5.74) is 3.37. The van der Waals surface area contributed by atoms with Gasteiger partial charge in [-0.05, 0) is 37.1 Å². The van der Waals surface area contributed by atoms with Crippen LogP contribution in [0, 0.1) is 19.8 Å². The molecule has 2 saturated heterocycles. The highest BCUT2D eigenvalue weighted by Gasteiger charge is 2.34. The van der Waals surface area contributed by atoms with Crippen LogP contribution in [0.4, 0.5) is 5.69 Å². The zero-order chi connectivity index (χ0) is 23.6. The molecular formula is C24H29N3O5S. The summed E-state index contributed by atoms with van der Waals surface area (Å²) in [6.45, 7) is 5.96. The van der Waals surface area contributed by atoms with E-state index in [-0.39, 0.29) is 23.1 Å². The van der Waals surface area contributed by atoms with Crippen molar-refractivity contribution in [2.24, 2.45) is 5.92 Å². The van der Waals surface area contributed by atoms with Crippen LogP contribution in [0.25, 0.3) is 0 Å². The molecule has 2 aromatic carbocycles. The van der Waals surface area contributed by atoms with Gasteiger partial charge in [0.05, 0.1) is 24.0 Å². The maximum atomic E-state index is 13.0. The zero-order valence-electron chi connectivity index (χ0n) is 18.9. The third kappa shape index (κ3) is 5.26. The predicted molar refractivity (Wildman–Crippen MR) is 124 cm³/mol. The van der Waals surface area contributed by atoms with Crippen molar-refractivity contribution in [1.82, 2.24) is 9.21 Å². The zero-order valence-corrected chi connectivity index (χ0v) is 19.7. The van der Waals surface area contributed by atoms with Gasteiger partial charge in [0.25, 0.3) is 0 Å². The van der Waals surface area contributed by atoms with Gasteiger partial charge >= 0.3 is 0 Å². The van der Waals surface area contributed by atoms with Crippen molar-refractivity contribution in [3.63, 3.8) is 0 Å².